The molecule has 2 atom stereocenters. The lowest BCUT2D eigenvalue weighted by molar-refractivity contribution is -0.156. The molecule has 22 nitrogen and oxygen atoms in total. The number of hydrogen-bond acceptors (Lipinski definition) is 14. The van der Waals surface area contributed by atoms with Crippen LogP contribution in [0.15, 0.2) is 177 Å². The molecule has 3 aromatic heterocycles. The second-order valence-corrected chi connectivity index (χ2v) is 37.5. The summed E-state index contributed by atoms with van der Waals surface area (Å²) in [5.41, 5.74) is 19.1. The van der Waals surface area contributed by atoms with Crippen molar-refractivity contribution in [3.8, 4) is 0 Å². The van der Waals surface area contributed by atoms with E-state index in [0.717, 1.165) is 72.7 Å². The van der Waals surface area contributed by atoms with Crippen LogP contribution >= 0.6 is 164 Å². The Morgan fingerprint density at radius 1 is 0.378 bits per heavy atom. The van der Waals surface area contributed by atoms with E-state index in [1.54, 1.807) is 97.9 Å². The number of carbonyl (C=O) groups is 8. The van der Waals surface area contributed by atoms with Crippen LogP contribution in [-0.2, 0) is 43.0 Å². The maximum Gasteiger partial charge on any atom is 0.306 e. The third-order valence-electron chi connectivity index (χ3n) is 17.4. The summed E-state index contributed by atoms with van der Waals surface area (Å²) >= 11 is 68.4. The largest absolute Gasteiger partial charge is 0.481 e. The molecule has 0 aliphatic rings. The summed E-state index contributed by atoms with van der Waals surface area (Å²) in [5, 5.41) is 34.3. The van der Waals surface area contributed by atoms with Crippen LogP contribution in [0.3, 0.4) is 0 Å². The topological polar surface area (TPSA) is 347 Å². The molecule has 4 amide bonds. The first-order valence-corrected chi connectivity index (χ1v) is 46.4. The smallest absolute Gasteiger partial charge is 0.306 e. The number of rotatable bonds is 30. The lowest BCUT2D eigenvalue weighted by atomic mass is 10.1. The van der Waals surface area contributed by atoms with Crippen LogP contribution in [-0.4, -0.2) is 98.2 Å². The van der Waals surface area contributed by atoms with E-state index in [4.69, 9.17) is 142 Å². The molecule has 0 saturated heterocycles. The van der Waals surface area contributed by atoms with Crippen LogP contribution < -0.4 is 43.4 Å². The molecule has 11 aromatic rings. The molecule has 0 fully saturated rings. The highest BCUT2D eigenvalue weighted by Crippen LogP contribution is 2.32. The Bertz CT molecular complexity index is 5340. The molecule has 2 unspecified atom stereocenters. The average molecular weight is 2130 g/mol. The zero-order chi connectivity index (χ0) is 94.3. The monoisotopic (exact) mass is 2130 g/mol. The Labute approximate surface area is 815 Å². The summed E-state index contributed by atoms with van der Waals surface area (Å²) in [6.07, 6.45) is 6.81. The van der Waals surface area contributed by atoms with Crippen molar-refractivity contribution in [3.63, 3.8) is 0 Å². The summed E-state index contributed by atoms with van der Waals surface area (Å²) in [4.78, 5) is 101. The number of benzene rings is 8. The molecule has 0 saturated carbocycles. The lowest BCUT2D eigenvalue weighted by Gasteiger charge is -2.19. The van der Waals surface area contributed by atoms with Gasteiger partial charge in [0, 0.05) is 150 Å². The van der Waals surface area contributed by atoms with Crippen LogP contribution in [0.1, 0.15) is 186 Å². The molecule has 8 aromatic carbocycles. The normalized spacial score (nSPS) is 11.3. The molecule has 14 N–H and O–H groups in total. The second-order valence-electron chi connectivity index (χ2n) is 30.7. The van der Waals surface area contributed by atoms with Gasteiger partial charge >= 0.3 is 17.9 Å². The number of H-pyrrole nitrogens is 3. The molecule has 35 heteroatoms. The summed E-state index contributed by atoms with van der Waals surface area (Å²) in [6, 6.07) is 49.7. The number of hydrogen-bond donors (Lipinski definition) is 12. The number of carbonyl (C=O) groups excluding carboxylic acids is 7. The number of ketones is 1. The fourth-order valence-electron chi connectivity index (χ4n) is 11.2. The summed E-state index contributed by atoms with van der Waals surface area (Å²) in [6.45, 7) is 18.7. The first kappa shape index (κ1) is 110. The van der Waals surface area contributed by atoms with Gasteiger partial charge in [0.2, 0.25) is 23.6 Å². The second kappa shape index (κ2) is 56.2. The number of esters is 2. The van der Waals surface area contributed by atoms with E-state index in [2.05, 4.69) is 145 Å². The van der Waals surface area contributed by atoms with Crippen LogP contribution in [0.5, 0.6) is 0 Å². The van der Waals surface area contributed by atoms with Crippen molar-refractivity contribution in [1.82, 2.24) is 25.6 Å². The number of unbranched alkanes of at least 4 members (excludes halogenated alkanes) is 2. The van der Waals surface area contributed by atoms with Crippen LogP contribution in [0.2, 0.25) is 50.2 Å². The van der Waals surface area contributed by atoms with Crippen molar-refractivity contribution in [2.45, 2.75) is 175 Å². The van der Waals surface area contributed by atoms with Crippen molar-refractivity contribution in [2.75, 3.05) is 46.6 Å². The summed E-state index contributed by atoms with van der Waals surface area (Å²) < 4.78 is 13.4. The van der Waals surface area contributed by atoms with E-state index >= 15 is 0 Å². The first-order chi connectivity index (χ1) is 59.8. The summed E-state index contributed by atoms with van der Waals surface area (Å²) in [7, 11) is 0. The van der Waals surface area contributed by atoms with E-state index in [9.17, 15) is 38.4 Å². The predicted octanol–water partition coefficient (Wildman–Crippen LogP) is 27.8. The molecule has 0 bridgehead atoms. The number of aromatic amines is 3. The van der Waals surface area contributed by atoms with Gasteiger partial charge in [0.1, 0.15) is 11.2 Å². The SMILES string of the molecule is CC(=O)c1cc2cc(Br)ccc2[nH]1.CC(C)(C)OC(=O)CCCCC(=O)Nc1ccc(Cl)c(Cl)c1.CC(C)(C)OC(=O)CCCCC(=O)O.CC(NCCCC(=O)Nc1ccc(Cl)c(Cl)c1)c1cc2cc(Br)ccc2[nH]1.CC(NCCCC(=O)Nc1ccc(Cl)c(Cl)c1)c1cc2cc(Br)ccc2[nH]1.NCCCC(=O)Nc1ccc(Cl)c(Cl)c1.Nc1ccc(Cl)c(Cl)c1. The molecule has 3 heterocycles. The Morgan fingerprint density at radius 3 is 0.984 bits per heavy atom. The van der Waals surface area contributed by atoms with Crippen LogP contribution in [0.4, 0.5) is 28.4 Å². The number of Topliss-reactive ketones (excluding diaryl/α,β-unsaturated/α-hetero) is 1. The number of nitrogens with two attached hydrogens (primary N) is 2. The zero-order valence-corrected chi connectivity index (χ0v) is 83.7. The molecule has 127 heavy (non-hydrogen) atoms. The maximum atomic E-state index is 12.0. The van der Waals surface area contributed by atoms with E-state index < -0.39 is 17.2 Å². The van der Waals surface area contributed by atoms with Crippen LogP contribution in [0, 0.1) is 0 Å². The number of aliphatic carboxylic acids is 1. The molecular formula is C92H104Br3Cl10N11O11. The van der Waals surface area contributed by atoms with Gasteiger partial charge in [-0.05, 0) is 284 Å². The van der Waals surface area contributed by atoms with Crippen molar-refractivity contribution < 1.29 is 52.9 Å². The first-order valence-electron chi connectivity index (χ1n) is 40.2. The highest BCUT2D eigenvalue weighted by molar-refractivity contribution is 9.11. The minimum absolute atomic E-state index is 0.0432. The molecule has 0 aliphatic heterocycles. The van der Waals surface area contributed by atoms with Gasteiger partial charge in [-0.25, -0.2) is 0 Å². The number of carboxylic acid groups (broad SMARTS) is 1. The molecule has 0 spiro atoms. The molecule has 11 rings (SSSR count). The van der Waals surface area contributed by atoms with E-state index in [-0.39, 0.29) is 59.9 Å². The predicted molar refractivity (Wildman–Crippen MR) is 535 cm³/mol. The van der Waals surface area contributed by atoms with E-state index in [1.807, 2.05) is 77.9 Å². The Balaban J connectivity index is 0.000000270. The van der Waals surface area contributed by atoms with Gasteiger partial charge in [0.05, 0.1) is 55.9 Å². The number of carboxylic acids is 1. The Kier molecular flexibility index (Phi) is 48.6. The van der Waals surface area contributed by atoms with E-state index in [0.29, 0.717) is 162 Å². The number of nitrogen functional groups attached to an aromatic ring is 1. The number of halogens is 13. The molecule has 684 valence electrons. The fraction of sp³-hybridized carbons (Fsp3) is 0.326. The number of amides is 4. The lowest BCUT2D eigenvalue weighted by Crippen LogP contribution is -2.23. The Hall–Kier alpha value is -7.64. The van der Waals surface area contributed by atoms with Gasteiger partial charge < -0.3 is 72.9 Å². The van der Waals surface area contributed by atoms with Crippen molar-refractivity contribution in [2.24, 2.45) is 5.73 Å². The number of anilines is 5. The number of aromatic nitrogens is 3. The third-order valence-corrected chi connectivity index (χ3v) is 22.6. The number of fused-ring (bicyclic) bond motifs is 3. The molecule has 0 aliphatic carbocycles. The molecular weight excluding hydrogens is 2030 g/mol. The fourth-order valence-corrected chi connectivity index (χ4v) is 13.9. The maximum absolute atomic E-state index is 12.0. The van der Waals surface area contributed by atoms with Crippen molar-refractivity contribution >= 4 is 272 Å². The standard InChI is InChI=1S/2C20H20BrCl2N3O.C16H21Cl2NO3.C10H8BrNO.C10H12Cl2N2O.C10H18O4.C6H5Cl2N/c2*1-12(19-10-13-9-14(21)4-7-18(13)26-19)24-8-2-3-20(27)25-15-5-6-16(22)17(23)11-15;1-16(2,3)22-15(21)7-5-4-6-14(20)19-11-8-9-12(17)13(18)10-11;1-6(13)10-5-7-4-8(11)2-3-9(7)12-10;11-8-4-3-7(6-9(8)12)14-10(15)2-1-5-13;1-10(2,3)14-9(13)7-5-4-6-8(11)12;7-5-2-1-4(9)3-6(5)8/h2*4-7,9-12,24,26H,2-3,8H2,1H3,(H,25,27);8-10H,4-7H2,1-3H3,(H,19,20);2-5,12H,1H3;3-4,6H,1-2,5,13H2,(H,14,15);4-7H2,1-3H3,(H,11,12);1-3H,9H2. The van der Waals surface area contributed by atoms with Gasteiger partial charge in [0.15, 0.2) is 5.78 Å². The van der Waals surface area contributed by atoms with E-state index in [1.165, 1.54) is 10.8 Å². The number of ether oxygens (including phenoxy) is 2. The van der Waals surface area contributed by atoms with Gasteiger partial charge in [0.25, 0.3) is 0 Å². The van der Waals surface area contributed by atoms with Gasteiger partial charge in [-0.3, -0.25) is 38.4 Å². The van der Waals surface area contributed by atoms with Gasteiger partial charge in [-0.2, -0.15) is 0 Å². The average Bonchev–Trinajstić information content (AvgIpc) is 1.69. The minimum Gasteiger partial charge on any atom is -0.481 e. The van der Waals surface area contributed by atoms with Gasteiger partial charge in [-0.15, -0.1) is 0 Å². The number of nitrogens with one attached hydrogen (secondary N) is 9. The zero-order valence-electron chi connectivity index (χ0n) is 71.4. The molecule has 0 radical (unpaired) electrons. The third kappa shape index (κ3) is 44.2. The minimum atomic E-state index is -0.825. The quantitative estimate of drug-likeness (QED) is 0.00861. The van der Waals surface area contributed by atoms with Crippen molar-refractivity contribution in [1.29, 1.82) is 0 Å². The summed E-state index contributed by atoms with van der Waals surface area (Å²) in [5.74, 6) is -1.54. The van der Waals surface area contributed by atoms with Crippen LogP contribution in [0.25, 0.3) is 32.7 Å². The van der Waals surface area contributed by atoms with Gasteiger partial charge in [-0.1, -0.05) is 164 Å². The van der Waals surface area contributed by atoms with Crippen molar-refractivity contribution in [3.05, 3.63) is 245 Å². The highest BCUT2D eigenvalue weighted by Gasteiger charge is 2.19. The Morgan fingerprint density at radius 2 is 0.677 bits per heavy atom. The highest BCUT2D eigenvalue weighted by atomic mass is 79.9.